The lowest BCUT2D eigenvalue weighted by Crippen LogP contribution is -2.44. The molecule has 0 unspecified atom stereocenters. The second kappa shape index (κ2) is 5.38. The summed E-state index contributed by atoms with van der Waals surface area (Å²) in [6.07, 6.45) is 5.94. The summed E-state index contributed by atoms with van der Waals surface area (Å²) in [5, 5.41) is 0. The standard InChI is InChI=1S/C12H23NO2/c1-4-5-6-7-8-12(2,3)13-9-10-15-11(13)14/h4-10H2,1-3H3. The maximum absolute atomic E-state index is 11.4. The molecule has 0 bridgehead atoms. The minimum atomic E-state index is -0.143. The number of amides is 1. The number of carbonyl (C=O) groups excluding carboxylic acids is 1. The van der Waals surface area contributed by atoms with Crippen LogP contribution in [0.25, 0.3) is 0 Å². The number of ether oxygens (including phenoxy) is 1. The average Bonchev–Trinajstić information content (AvgIpc) is 2.60. The quantitative estimate of drug-likeness (QED) is 0.634. The Balaban J connectivity index is 2.33. The molecule has 1 amide bonds. The Labute approximate surface area is 92.8 Å². The fourth-order valence-electron chi connectivity index (χ4n) is 2.06. The minimum absolute atomic E-state index is 0.0404. The molecule has 0 aromatic carbocycles. The third-order valence-corrected chi connectivity index (χ3v) is 3.13. The lowest BCUT2D eigenvalue weighted by molar-refractivity contribution is 0.120. The highest BCUT2D eigenvalue weighted by Gasteiger charge is 2.34. The van der Waals surface area contributed by atoms with Crippen LogP contribution in [0.3, 0.4) is 0 Å². The molecule has 0 atom stereocenters. The van der Waals surface area contributed by atoms with E-state index in [9.17, 15) is 4.79 Å². The van der Waals surface area contributed by atoms with E-state index in [1.165, 1.54) is 25.7 Å². The number of hydrogen-bond donors (Lipinski definition) is 0. The van der Waals surface area contributed by atoms with Gasteiger partial charge in [0.2, 0.25) is 0 Å². The fourth-order valence-corrected chi connectivity index (χ4v) is 2.06. The van der Waals surface area contributed by atoms with E-state index < -0.39 is 0 Å². The highest BCUT2D eigenvalue weighted by atomic mass is 16.6. The van der Waals surface area contributed by atoms with E-state index in [0.717, 1.165) is 13.0 Å². The van der Waals surface area contributed by atoms with E-state index in [1.54, 1.807) is 0 Å². The molecule has 1 aliphatic heterocycles. The van der Waals surface area contributed by atoms with Crippen molar-refractivity contribution in [3.05, 3.63) is 0 Å². The molecule has 0 aromatic rings. The summed E-state index contributed by atoms with van der Waals surface area (Å²) in [6, 6.07) is 0. The molecule has 1 aliphatic rings. The number of unbranched alkanes of at least 4 members (excludes halogenated alkanes) is 3. The maximum atomic E-state index is 11.4. The molecule has 0 N–H and O–H groups in total. The van der Waals surface area contributed by atoms with Crippen LogP contribution in [0, 0.1) is 0 Å². The summed E-state index contributed by atoms with van der Waals surface area (Å²) < 4.78 is 4.97. The van der Waals surface area contributed by atoms with Crippen molar-refractivity contribution in [2.24, 2.45) is 0 Å². The van der Waals surface area contributed by atoms with Crippen molar-refractivity contribution >= 4 is 6.09 Å². The molecular weight excluding hydrogens is 190 g/mol. The molecule has 88 valence electrons. The first-order chi connectivity index (χ1) is 7.08. The molecule has 0 aliphatic carbocycles. The van der Waals surface area contributed by atoms with Crippen molar-refractivity contribution < 1.29 is 9.53 Å². The second-order valence-corrected chi connectivity index (χ2v) is 4.89. The van der Waals surface area contributed by atoms with Crippen molar-refractivity contribution in [1.82, 2.24) is 4.90 Å². The molecule has 1 rings (SSSR count). The van der Waals surface area contributed by atoms with Crippen LogP contribution in [0.2, 0.25) is 0 Å². The van der Waals surface area contributed by atoms with E-state index in [-0.39, 0.29) is 11.6 Å². The Morgan fingerprint density at radius 3 is 2.60 bits per heavy atom. The van der Waals surface area contributed by atoms with Crippen LogP contribution in [-0.4, -0.2) is 29.7 Å². The summed E-state index contributed by atoms with van der Waals surface area (Å²) in [7, 11) is 0. The van der Waals surface area contributed by atoms with Crippen LogP contribution in [0.15, 0.2) is 0 Å². The van der Waals surface area contributed by atoms with Crippen molar-refractivity contribution in [2.75, 3.05) is 13.2 Å². The van der Waals surface area contributed by atoms with Gasteiger partial charge in [-0.15, -0.1) is 0 Å². The van der Waals surface area contributed by atoms with Crippen LogP contribution in [0.5, 0.6) is 0 Å². The normalized spacial score (nSPS) is 17.0. The van der Waals surface area contributed by atoms with Gasteiger partial charge in [-0.05, 0) is 20.3 Å². The topological polar surface area (TPSA) is 29.5 Å². The number of nitrogens with zero attached hydrogens (tertiary/aromatic N) is 1. The molecule has 0 saturated carbocycles. The van der Waals surface area contributed by atoms with Crippen LogP contribution < -0.4 is 0 Å². The highest BCUT2D eigenvalue weighted by molar-refractivity contribution is 5.70. The minimum Gasteiger partial charge on any atom is -0.448 e. The summed E-state index contributed by atoms with van der Waals surface area (Å²) in [6.45, 7) is 7.77. The highest BCUT2D eigenvalue weighted by Crippen LogP contribution is 2.25. The third kappa shape index (κ3) is 3.40. The zero-order valence-electron chi connectivity index (χ0n) is 10.2. The molecule has 0 spiro atoms. The third-order valence-electron chi connectivity index (χ3n) is 3.13. The van der Waals surface area contributed by atoms with Gasteiger partial charge in [0.05, 0.1) is 6.54 Å². The van der Waals surface area contributed by atoms with Crippen LogP contribution in [0.1, 0.15) is 52.9 Å². The van der Waals surface area contributed by atoms with E-state index in [1.807, 2.05) is 4.90 Å². The Morgan fingerprint density at radius 2 is 2.07 bits per heavy atom. The van der Waals surface area contributed by atoms with E-state index in [2.05, 4.69) is 20.8 Å². The van der Waals surface area contributed by atoms with Gasteiger partial charge in [0.15, 0.2) is 0 Å². The molecule has 1 saturated heterocycles. The molecule has 3 heteroatoms. The zero-order valence-corrected chi connectivity index (χ0v) is 10.2. The van der Waals surface area contributed by atoms with Crippen molar-refractivity contribution in [3.63, 3.8) is 0 Å². The lowest BCUT2D eigenvalue weighted by Gasteiger charge is -2.33. The smallest absolute Gasteiger partial charge is 0.410 e. The van der Waals surface area contributed by atoms with Crippen LogP contribution in [-0.2, 0) is 4.74 Å². The van der Waals surface area contributed by atoms with Gasteiger partial charge in [-0.2, -0.15) is 0 Å². The van der Waals surface area contributed by atoms with Crippen molar-refractivity contribution in [1.29, 1.82) is 0 Å². The molecule has 1 heterocycles. The van der Waals surface area contributed by atoms with Gasteiger partial charge in [-0.3, -0.25) is 4.90 Å². The molecule has 0 radical (unpaired) electrons. The Kier molecular flexibility index (Phi) is 4.43. The average molecular weight is 213 g/mol. The summed E-state index contributed by atoms with van der Waals surface area (Å²) in [4.78, 5) is 13.3. The number of rotatable bonds is 6. The maximum Gasteiger partial charge on any atom is 0.410 e. The number of cyclic esters (lactones) is 1. The summed E-state index contributed by atoms with van der Waals surface area (Å²) in [5.41, 5.74) is -0.0404. The monoisotopic (exact) mass is 213 g/mol. The molecule has 15 heavy (non-hydrogen) atoms. The Hall–Kier alpha value is -0.730. The fraction of sp³-hybridized carbons (Fsp3) is 0.917. The largest absolute Gasteiger partial charge is 0.448 e. The number of hydrogen-bond acceptors (Lipinski definition) is 2. The van der Waals surface area contributed by atoms with Gasteiger partial charge in [-0.25, -0.2) is 4.79 Å². The first-order valence-corrected chi connectivity index (χ1v) is 6.02. The van der Waals surface area contributed by atoms with Crippen molar-refractivity contribution in [2.45, 2.75) is 58.4 Å². The van der Waals surface area contributed by atoms with Gasteiger partial charge < -0.3 is 4.74 Å². The van der Waals surface area contributed by atoms with Gasteiger partial charge in [0.1, 0.15) is 6.61 Å². The van der Waals surface area contributed by atoms with E-state index in [4.69, 9.17) is 4.74 Å². The van der Waals surface area contributed by atoms with E-state index >= 15 is 0 Å². The van der Waals surface area contributed by atoms with Gasteiger partial charge in [-0.1, -0.05) is 32.6 Å². The van der Waals surface area contributed by atoms with Gasteiger partial charge in [0.25, 0.3) is 0 Å². The SMILES string of the molecule is CCCCCCC(C)(C)N1CCOC1=O. The predicted molar refractivity (Wildman–Crippen MR) is 60.9 cm³/mol. The molecule has 0 aromatic heterocycles. The number of carbonyl (C=O) groups is 1. The van der Waals surface area contributed by atoms with Gasteiger partial charge >= 0.3 is 6.09 Å². The Bertz CT molecular complexity index is 214. The van der Waals surface area contributed by atoms with Gasteiger partial charge in [0, 0.05) is 5.54 Å². The van der Waals surface area contributed by atoms with Crippen LogP contribution >= 0.6 is 0 Å². The molecule has 3 nitrogen and oxygen atoms in total. The van der Waals surface area contributed by atoms with E-state index in [0.29, 0.717) is 6.61 Å². The zero-order chi connectivity index (χ0) is 11.3. The van der Waals surface area contributed by atoms with Crippen molar-refractivity contribution in [3.8, 4) is 0 Å². The van der Waals surface area contributed by atoms with Crippen LogP contribution in [0.4, 0.5) is 4.79 Å². The molecular formula is C12H23NO2. The second-order valence-electron chi connectivity index (χ2n) is 4.89. The summed E-state index contributed by atoms with van der Waals surface area (Å²) >= 11 is 0. The summed E-state index contributed by atoms with van der Waals surface area (Å²) in [5.74, 6) is 0. The first kappa shape index (κ1) is 12.3. The lowest BCUT2D eigenvalue weighted by atomic mass is 9.94. The Morgan fingerprint density at radius 1 is 1.33 bits per heavy atom. The first-order valence-electron chi connectivity index (χ1n) is 6.02. The predicted octanol–water partition coefficient (Wildman–Crippen LogP) is 3.19. The molecule has 1 fully saturated rings.